The minimum atomic E-state index is -0.285. The molecule has 0 bridgehead atoms. The number of allylic oxidation sites excluding steroid dienone is 1. The molecule has 3 heteroatoms. The second-order valence-corrected chi connectivity index (χ2v) is 4.87. The van der Waals surface area contributed by atoms with E-state index in [2.05, 4.69) is 13.5 Å². The molecule has 2 fully saturated rings. The molecule has 0 amide bonds. The van der Waals surface area contributed by atoms with Gasteiger partial charge in [0.25, 0.3) is 0 Å². The molecule has 2 aliphatic rings. The predicted octanol–water partition coefficient (Wildman–Crippen LogP) is 2.86. The standard InChI is InChI=1S/C13H22O3/c1-4-12(11(2)14-3)5-7-13(8-6-12)15-9-10-16-13/h2,4-10H2,1,3H3. The van der Waals surface area contributed by atoms with Gasteiger partial charge in [-0.15, -0.1) is 0 Å². The summed E-state index contributed by atoms with van der Waals surface area (Å²) < 4.78 is 16.8. The third kappa shape index (κ3) is 1.87. The number of hydrogen-bond acceptors (Lipinski definition) is 3. The first-order valence-corrected chi connectivity index (χ1v) is 6.18. The largest absolute Gasteiger partial charge is 0.501 e. The van der Waals surface area contributed by atoms with Crippen LogP contribution in [0.4, 0.5) is 0 Å². The van der Waals surface area contributed by atoms with E-state index in [-0.39, 0.29) is 11.2 Å². The molecule has 1 saturated heterocycles. The summed E-state index contributed by atoms with van der Waals surface area (Å²) in [6.07, 6.45) is 5.11. The van der Waals surface area contributed by atoms with Crippen LogP contribution in [0, 0.1) is 5.41 Å². The lowest BCUT2D eigenvalue weighted by molar-refractivity contribution is -0.191. The number of ether oxygens (including phenoxy) is 3. The van der Waals surface area contributed by atoms with Crippen LogP contribution in [-0.2, 0) is 14.2 Å². The van der Waals surface area contributed by atoms with Crippen LogP contribution in [-0.4, -0.2) is 26.1 Å². The fraction of sp³-hybridized carbons (Fsp3) is 0.846. The molecule has 0 N–H and O–H groups in total. The first kappa shape index (κ1) is 11.9. The van der Waals surface area contributed by atoms with E-state index < -0.39 is 0 Å². The lowest BCUT2D eigenvalue weighted by Crippen LogP contribution is -2.40. The van der Waals surface area contributed by atoms with E-state index in [1.54, 1.807) is 7.11 Å². The highest BCUT2D eigenvalue weighted by Gasteiger charge is 2.47. The first-order valence-electron chi connectivity index (χ1n) is 6.18. The van der Waals surface area contributed by atoms with Crippen molar-refractivity contribution in [1.82, 2.24) is 0 Å². The van der Waals surface area contributed by atoms with Crippen molar-refractivity contribution in [2.75, 3.05) is 20.3 Å². The van der Waals surface area contributed by atoms with Crippen molar-refractivity contribution in [3.05, 3.63) is 12.3 Å². The minimum absolute atomic E-state index is 0.134. The van der Waals surface area contributed by atoms with Crippen molar-refractivity contribution in [3.8, 4) is 0 Å². The molecule has 3 nitrogen and oxygen atoms in total. The summed E-state index contributed by atoms with van der Waals surface area (Å²) in [6, 6.07) is 0. The van der Waals surface area contributed by atoms with E-state index in [1.165, 1.54) is 0 Å². The molecule has 2 rings (SSSR count). The van der Waals surface area contributed by atoms with Gasteiger partial charge < -0.3 is 14.2 Å². The maximum atomic E-state index is 5.74. The molecule has 92 valence electrons. The molecule has 0 atom stereocenters. The van der Waals surface area contributed by atoms with Crippen LogP contribution >= 0.6 is 0 Å². The fourth-order valence-corrected chi connectivity index (χ4v) is 2.94. The quantitative estimate of drug-likeness (QED) is 0.693. The van der Waals surface area contributed by atoms with Gasteiger partial charge in [-0.2, -0.15) is 0 Å². The maximum Gasteiger partial charge on any atom is 0.168 e. The Hall–Kier alpha value is -0.540. The van der Waals surface area contributed by atoms with E-state index in [0.717, 1.165) is 51.1 Å². The summed E-state index contributed by atoms with van der Waals surface area (Å²) in [6.45, 7) is 7.74. The van der Waals surface area contributed by atoms with Crippen molar-refractivity contribution in [2.24, 2.45) is 5.41 Å². The van der Waals surface area contributed by atoms with Crippen molar-refractivity contribution in [2.45, 2.75) is 44.8 Å². The third-order valence-electron chi connectivity index (χ3n) is 4.30. The zero-order valence-corrected chi connectivity index (χ0v) is 10.4. The van der Waals surface area contributed by atoms with Crippen LogP contribution in [0.5, 0.6) is 0 Å². The topological polar surface area (TPSA) is 27.7 Å². The van der Waals surface area contributed by atoms with E-state index in [9.17, 15) is 0 Å². The molecule has 0 unspecified atom stereocenters. The summed E-state index contributed by atoms with van der Waals surface area (Å²) in [4.78, 5) is 0. The van der Waals surface area contributed by atoms with Crippen molar-refractivity contribution in [3.63, 3.8) is 0 Å². The Bertz CT molecular complexity index is 256. The molecule has 1 saturated carbocycles. The highest BCUT2D eigenvalue weighted by Crippen LogP contribution is 2.50. The van der Waals surface area contributed by atoms with Gasteiger partial charge in [-0.25, -0.2) is 0 Å². The average Bonchev–Trinajstić information content (AvgIpc) is 2.78. The van der Waals surface area contributed by atoms with Gasteiger partial charge in [0.05, 0.1) is 26.1 Å². The Morgan fingerprint density at radius 3 is 2.19 bits per heavy atom. The molecule has 1 spiro atoms. The fourth-order valence-electron chi connectivity index (χ4n) is 2.94. The van der Waals surface area contributed by atoms with Gasteiger partial charge >= 0.3 is 0 Å². The number of hydrogen-bond donors (Lipinski definition) is 0. The van der Waals surface area contributed by atoms with Crippen LogP contribution in [0.2, 0.25) is 0 Å². The van der Waals surface area contributed by atoms with Crippen LogP contribution in [0.1, 0.15) is 39.0 Å². The number of rotatable bonds is 3. The van der Waals surface area contributed by atoms with Crippen LogP contribution in [0.3, 0.4) is 0 Å². The summed E-state index contributed by atoms with van der Waals surface area (Å²) in [5.41, 5.74) is 0.134. The van der Waals surface area contributed by atoms with E-state index in [4.69, 9.17) is 14.2 Å². The Kier molecular flexibility index (Phi) is 3.27. The molecule has 0 aromatic rings. The summed E-state index contributed by atoms with van der Waals surface area (Å²) >= 11 is 0. The second kappa shape index (κ2) is 4.38. The van der Waals surface area contributed by atoms with E-state index >= 15 is 0 Å². The van der Waals surface area contributed by atoms with Gasteiger partial charge in [0.2, 0.25) is 0 Å². The summed E-state index contributed by atoms with van der Waals surface area (Å²) in [7, 11) is 1.71. The minimum Gasteiger partial charge on any atom is -0.501 e. The molecule has 1 aliphatic carbocycles. The predicted molar refractivity (Wildman–Crippen MR) is 62.0 cm³/mol. The third-order valence-corrected chi connectivity index (χ3v) is 4.30. The molecule has 0 radical (unpaired) electrons. The highest BCUT2D eigenvalue weighted by atomic mass is 16.7. The van der Waals surface area contributed by atoms with Gasteiger partial charge in [0, 0.05) is 18.3 Å². The van der Waals surface area contributed by atoms with Crippen molar-refractivity contribution < 1.29 is 14.2 Å². The number of methoxy groups -OCH3 is 1. The van der Waals surface area contributed by atoms with Gasteiger partial charge in [0.15, 0.2) is 5.79 Å². The highest BCUT2D eigenvalue weighted by molar-refractivity contribution is 5.06. The SMILES string of the molecule is C=C(OC)C1(CC)CCC2(CC1)OCCO2. The van der Waals surface area contributed by atoms with Crippen LogP contribution in [0.15, 0.2) is 12.3 Å². The lowest BCUT2D eigenvalue weighted by Gasteiger charge is -2.43. The second-order valence-electron chi connectivity index (χ2n) is 4.87. The molecule has 16 heavy (non-hydrogen) atoms. The molecule has 0 aromatic carbocycles. The van der Waals surface area contributed by atoms with Crippen LogP contribution in [0.25, 0.3) is 0 Å². The monoisotopic (exact) mass is 226 g/mol. The smallest absolute Gasteiger partial charge is 0.168 e. The van der Waals surface area contributed by atoms with Gasteiger partial charge in [-0.05, 0) is 19.3 Å². The van der Waals surface area contributed by atoms with Gasteiger partial charge in [-0.3, -0.25) is 0 Å². The molecule has 0 aromatic heterocycles. The Labute approximate surface area is 97.8 Å². The average molecular weight is 226 g/mol. The first-order chi connectivity index (χ1) is 7.66. The molecular formula is C13H22O3. The van der Waals surface area contributed by atoms with Gasteiger partial charge in [0.1, 0.15) is 0 Å². The van der Waals surface area contributed by atoms with E-state index in [1.807, 2.05) is 0 Å². The van der Waals surface area contributed by atoms with Crippen molar-refractivity contribution >= 4 is 0 Å². The molecular weight excluding hydrogens is 204 g/mol. The van der Waals surface area contributed by atoms with Crippen molar-refractivity contribution in [1.29, 1.82) is 0 Å². The zero-order chi connectivity index (χ0) is 11.6. The normalized spacial score (nSPS) is 26.9. The Morgan fingerprint density at radius 2 is 1.75 bits per heavy atom. The summed E-state index contributed by atoms with van der Waals surface area (Å²) in [5.74, 6) is 0.634. The lowest BCUT2D eigenvalue weighted by atomic mass is 9.69. The Morgan fingerprint density at radius 1 is 1.19 bits per heavy atom. The summed E-state index contributed by atoms with van der Waals surface area (Å²) in [5, 5.41) is 0. The van der Waals surface area contributed by atoms with Gasteiger partial charge in [-0.1, -0.05) is 13.5 Å². The molecule has 1 aliphatic heterocycles. The van der Waals surface area contributed by atoms with E-state index in [0.29, 0.717) is 0 Å². The maximum absolute atomic E-state index is 5.74. The Balaban J connectivity index is 2.03. The van der Waals surface area contributed by atoms with Crippen LogP contribution < -0.4 is 0 Å². The molecule has 1 heterocycles. The zero-order valence-electron chi connectivity index (χ0n) is 10.4.